The van der Waals surface area contributed by atoms with Gasteiger partial charge < -0.3 is 5.32 Å². The SMILES string of the molecule is CC.[HH].c1cc2c(cn1)CCN2. The van der Waals surface area contributed by atoms with Crippen LogP contribution in [0.15, 0.2) is 18.5 Å². The van der Waals surface area contributed by atoms with E-state index in [2.05, 4.69) is 10.3 Å². The Morgan fingerprint density at radius 2 is 2.36 bits per heavy atom. The standard InChI is InChI=1S/C7H8N2.C2H6.H2/c1-4-9-7-2-3-8-5-6(1)7;1-2;/h2-3,5,9H,1,4H2;1-2H3;1H. The fourth-order valence-electron chi connectivity index (χ4n) is 1.13. The van der Waals surface area contributed by atoms with Gasteiger partial charge in [0, 0.05) is 26.1 Å². The van der Waals surface area contributed by atoms with Gasteiger partial charge in [0.2, 0.25) is 0 Å². The van der Waals surface area contributed by atoms with Crippen molar-refractivity contribution in [3.05, 3.63) is 24.0 Å². The van der Waals surface area contributed by atoms with Gasteiger partial charge in [0.15, 0.2) is 0 Å². The molecule has 1 aliphatic heterocycles. The molecule has 0 atom stereocenters. The Morgan fingerprint density at radius 1 is 1.55 bits per heavy atom. The number of nitrogens with one attached hydrogen (secondary N) is 1. The third-order valence-electron chi connectivity index (χ3n) is 1.61. The van der Waals surface area contributed by atoms with Crippen molar-refractivity contribution in [3.8, 4) is 0 Å². The summed E-state index contributed by atoms with van der Waals surface area (Å²) < 4.78 is 0. The summed E-state index contributed by atoms with van der Waals surface area (Å²) in [5, 5.41) is 3.26. The van der Waals surface area contributed by atoms with Crippen LogP contribution in [0.1, 0.15) is 20.8 Å². The average molecular weight is 152 g/mol. The van der Waals surface area contributed by atoms with E-state index in [0.717, 1.165) is 13.0 Å². The van der Waals surface area contributed by atoms with Gasteiger partial charge in [0.05, 0.1) is 0 Å². The van der Waals surface area contributed by atoms with Crippen molar-refractivity contribution >= 4 is 5.69 Å². The second-order valence-electron chi connectivity index (χ2n) is 2.21. The fraction of sp³-hybridized carbons (Fsp3) is 0.444. The van der Waals surface area contributed by atoms with E-state index >= 15 is 0 Å². The van der Waals surface area contributed by atoms with Crippen LogP contribution in [0.4, 0.5) is 5.69 Å². The Balaban J connectivity index is 0.000000378. The van der Waals surface area contributed by atoms with Gasteiger partial charge in [0.25, 0.3) is 0 Å². The van der Waals surface area contributed by atoms with Crippen molar-refractivity contribution in [2.45, 2.75) is 20.3 Å². The lowest BCUT2D eigenvalue weighted by Crippen LogP contribution is -1.90. The molecule has 0 spiro atoms. The molecule has 0 fully saturated rings. The summed E-state index contributed by atoms with van der Waals surface area (Å²) in [6, 6.07) is 2.02. The summed E-state index contributed by atoms with van der Waals surface area (Å²) >= 11 is 0. The molecule has 0 saturated carbocycles. The predicted molar refractivity (Wildman–Crippen MR) is 49.9 cm³/mol. The molecule has 1 N–H and O–H groups in total. The third kappa shape index (κ3) is 1.70. The summed E-state index contributed by atoms with van der Waals surface area (Å²) in [7, 11) is 0. The summed E-state index contributed by atoms with van der Waals surface area (Å²) in [6.45, 7) is 5.07. The molecule has 2 rings (SSSR count). The highest BCUT2D eigenvalue weighted by atomic mass is 14.9. The summed E-state index contributed by atoms with van der Waals surface area (Å²) in [5.74, 6) is 0. The molecule has 1 aromatic heterocycles. The molecule has 0 aromatic carbocycles. The molecule has 0 unspecified atom stereocenters. The summed E-state index contributed by atoms with van der Waals surface area (Å²) in [6.07, 6.45) is 4.87. The number of rotatable bonds is 0. The van der Waals surface area contributed by atoms with E-state index in [9.17, 15) is 0 Å². The molecule has 2 nitrogen and oxygen atoms in total. The molecule has 2 heteroatoms. The lowest BCUT2D eigenvalue weighted by molar-refractivity contribution is 1.09. The highest BCUT2D eigenvalue weighted by Gasteiger charge is 2.06. The minimum absolute atomic E-state index is 0. The van der Waals surface area contributed by atoms with Gasteiger partial charge in [-0.3, -0.25) is 4.98 Å². The van der Waals surface area contributed by atoms with E-state index in [1.807, 2.05) is 32.3 Å². The highest BCUT2D eigenvalue weighted by molar-refractivity contribution is 5.53. The van der Waals surface area contributed by atoms with E-state index in [1.54, 1.807) is 0 Å². The van der Waals surface area contributed by atoms with Crippen LogP contribution in [0, 0.1) is 0 Å². The highest BCUT2D eigenvalue weighted by Crippen LogP contribution is 2.18. The maximum atomic E-state index is 4.02. The first-order valence-corrected chi connectivity index (χ1v) is 4.13. The van der Waals surface area contributed by atoms with Crippen LogP contribution in [0.2, 0.25) is 0 Å². The number of aromatic nitrogens is 1. The van der Waals surface area contributed by atoms with Crippen LogP contribution in [-0.4, -0.2) is 11.5 Å². The van der Waals surface area contributed by atoms with Crippen molar-refractivity contribution in [3.63, 3.8) is 0 Å². The number of nitrogens with zero attached hydrogens (tertiary/aromatic N) is 1. The van der Waals surface area contributed by atoms with Crippen molar-refractivity contribution < 1.29 is 1.43 Å². The number of fused-ring (bicyclic) bond motifs is 1. The van der Waals surface area contributed by atoms with Gasteiger partial charge in [0.1, 0.15) is 0 Å². The first-order chi connectivity index (χ1) is 5.47. The zero-order valence-corrected chi connectivity index (χ0v) is 7.09. The quantitative estimate of drug-likeness (QED) is 0.617. The Kier molecular flexibility index (Phi) is 2.90. The maximum absolute atomic E-state index is 4.02. The molecule has 0 saturated heterocycles. The van der Waals surface area contributed by atoms with Gasteiger partial charge in [-0.25, -0.2) is 0 Å². The maximum Gasteiger partial charge on any atom is 0.0404 e. The Bertz CT molecular complexity index is 203. The van der Waals surface area contributed by atoms with E-state index in [0.29, 0.717) is 0 Å². The first-order valence-electron chi connectivity index (χ1n) is 4.13. The largest absolute Gasteiger partial charge is 0.384 e. The molecule has 1 aromatic rings. The Morgan fingerprint density at radius 3 is 3.09 bits per heavy atom. The second-order valence-corrected chi connectivity index (χ2v) is 2.21. The van der Waals surface area contributed by atoms with Crippen molar-refractivity contribution in [2.75, 3.05) is 11.9 Å². The van der Waals surface area contributed by atoms with Crippen molar-refractivity contribution in [1.82, 2.24) is 4.98 Å². The van der Waals surface area contributed by atoms with Gasteiger partial charge in [-0.1, -0.05) is 13.8 Å². The summed E-state index contributed by atoms with van der Waals surface area (Å²) in [4.78, 5) is 4.02. The average Bonchev–Trinajstić information content (AvgIpc) is 2.55. The van der Waals surface area contributed by atoms with Crippen LogP contribution in [0.25, 0.3) is 0 Å². The Hall–Kier alpha value is -1.05. The summed E-state index contributed by atoms with van der Waals surface area (Å²) in [5.41, 5.74) is 2.60. The van der Waals surface area contributed by atoms with Crippen molar-refractivity contribution in [2.24, 2.45) is 0 Å². The van der Waals surface area contributed by atoms with E-state index in [1.165, 1.54) is 11.3 Å². The molecule has 0 amide bonds. The van der Waals surface area contributed by atoms with Crippen LogP contribution in [-0.2, 0) is 6.42 Å². The lowest BCUT2D eigenvalue weighted by atomic mass is 10.2. The number of pyridine rings is 1. The zero-order chi connectivity index (χ0) is 8.10. The van der Waals surface area contributed by atoms with E-state index in [4.69, 9.17) is 0 Å². The molecule has 0 radical (unpaired) electrons. The number of hydrogen-bond donors (Lipinski definition) is 1. The smallest absolute Gasteiger partial charge is 0.0404 e. The molecule has 1 aliphatic rings. The van der Waals surface area contributed by atoms with Crippen LogP contribution in [0.3, 0.4) is 0 Å². The fourth-order valence-corrected chi connectivity index (χ4v) is 1.13. The third-order valence-corrected chi connectivity index (χ3v) is 1.61. The number of hydrogen-bond acceptors (Lipinski definition) is 2. The monoisotopic (exact) mass is 152 g/mol. The first kappa shape index (κ1) is 8.05. The minimum Gasteiger partial charge on any atom is -0.384 e. The predicted octanol–water partition coefficient (Wildman–Crippen LogP) is 2.32. The van der Waals surface area contributed by atoms with Crippen LogP contribution < -0.4 is 5.32 Å². The van der Waals surface area contributed by atoms with Gasteiger partial charge in [-0.05, 0) is 18.1 Å². The van der Waals surface area contributed by atoms with E-state index < -0.39 is 0 Å². The molecular weight excluding hydrogens is 136 g/mol. The van der Waals surface area contributed by atoms with Gasteiger partial charge in [-0.2, -0.15) is 0 Å². The normalized spacial score (nSPS) is 12.5. The number of anilines is 1. The molecular formula is C9H16N2. The minimum atomic E-state index is 0. The Labute approximate surface area is 69.1 Å². The molecule has 0 bridgehead atoms. The van der Waals surface area contributed by atoms with Gasteiger partial charge in [-0.15, -0.1) is 0 Å². The molecule has 62 valence electrons. The zero-order valence-electron chi connectivity index (χ0n) is 7.09. The van der Waals surface area contributed by atoms with Gasteiger partial charge >= 0.3 is 0 Å². The second kappa shape index (κ2) is 3.96. The molecule has 0 aliphatic carbocycles. The topological polar surface area (TPSA) is 24.9 Å². The lowest BCUT2D eigenvalue weighted by Gasteiger charge is -1.93. The van der Waals surface area contributed by atoms with Crippen molar-refractivity contribution in [1.29, 1.82) is 0 Å². The molecule has 11 heavy (non-hydrogen) atoms. The van der Waals surface area contributed by atoms with Crippen LogP contribution >= 0.6 is 0 Å². The molecule has 2 heterocycles. The van der Waals surface area contributed by atoms with Crippen LogP contribution in [0.5, 0.6) is 0 Å². The van der Waals surface area contributed by atoms with E-state index in [-0.39, 0.29) is 1.43 Å².